The van der Waals surface area contributed by atoms with Gasteiger partial charge in [0.05, 0.1) is 29.5 Å². The number of rotatable bonds is 6. The molecule has 4 saturated carbocycles. The Balaban J connectivity index is 1.26. The van der Waals surface area contributed by atoms with Gasteiger partial charge in [-0.15, -0.1) is 0 Å². The van der Waals surface area contributed by atoms with Crippen molar-refractivity contribution in [2.75, 3.05) is 49.6 Å². The number of anilines is 2. The topological polar surface area (TPSA) is 79.0 Å². The number of carbonyl (C=O) groups is 1. The molecule has 198 valence electrons. The highest BCUT2D eigenvalue weighted by molar-refractivity contribution is 9.10. The lowest BCUT2D eigenvalue weighted by atomic mass is 9.48. The third kappa shape index (κ3) is 4.85. The normalized spacial score (nSPS) is 34.6. The zero-order chi connectivity index (χ0) is 25.0. The Kier molecular flexibility index (Phi) is 6.66. The van der Waals surface area contributed by atoms with E-state index in [9.17, 15) is 13.2 Å². The zero-order valence-corrected chi connectivity index (χ0v) is 23.4. The van der Waals surface area contributed by atoms with E-state index >= 15 is 0 Å². The minimum Gasteiger partial charge on any atom is -0.379 e. The molecule has 4 aliphatic carbocycles. The number of ether oxygens (including phenoxy) is 1. The van der Waals surface area contributed by atoms with Crippen molar-refractivity contribution in [2.24, 2.45) is 17.3 Å². The second-order valence-corrected chi connectivity index (χ2v) is 15.7. The molecule has 9 heteroatoms. The summed E-state index contributed by atoms with van der Waals surface area (Å²) >= 11 is 4.06. The third-order valence-electron chi connectivity index (χ3n) is 9.19. The summed E-state index contributed by atoms with van der Waals surface area (Å²) in [6.07, 6.45) is 11.1. The average Bonchev–Trinajstić information content (AvgIpc) is 2.83. The molecule has 0 spiro atoms. The Bertz CT molecular complexity index is 1100. The number of nitrogens with one attached hydrogen (secondary N) is 1. The second-order valence-electron chi connectivity index (χ2n) is 12.1. The Hall–Kier alpha value is -1.16. The van der Waals surface area contributed by atoms with Gasteiger partial charge in [-0.05, 0) is 93.2 Å². The van der Waals surface area contributed by atoms with Crippen molar-refractivity contribution in [3.8, 4) is 0 Å². The number of benzene rings is 1. The maximum atomic E-state index is 13.6. The molecule has 2 saturated heterocycles. The van der Waals surface area contributed by atoms with E-state index in [4.69, 9.17) is 4.74 Å². The molecule has 6 fully saturated rings. The number of hydrogen-bond acceptors (Lipinski definition) is 5. The zero-order valence-electron chi connectivity index (χ0n) is 21.0. The Labute approximate surface area is 223 Å². The molecular weight excluding hydrogens is 542 g/mol. The summed E-state index contributed by atoms with van der Waals surface area (Å²) in [6.45, 7) is 3.39. The molecule has 2 atom stereocenters. The summed E-state index contributed by atoms with van der Waals surface area (Å²) in [6, 6.07) is 5.29. The minimum atomic E-state index is -3.64. The smallest absolute Gasteiger partial charge is 0.243 e. The van der Waals surface area contributed by atoms with Gasteiger partial charge in [0, 0.05) is 36.9 Å². The lowest BCUT2D eigenvalue weighted by molar-refractivity contribution is -0.123. The van der Waals surface area contributed by atoms with Crippen LogP contribution in [0, 0.1) is 17.3 Å². The number of carbonyl (C=O) groups excluding carboxylic acids is 1. The lowest BCUT2D eigenvalue weighted by Gasteiger charge is -2.60. The van der Waals surface area contributed by atoms with Crippen molar-refractivity contribution < 1.29 is 17.9 Å². The van der Waals surface area contributed by atoms with Gasteiger partial charge in [0.25, 0.3) is 0 Å². The summed E-state index contributed by atoms with van der Waals surface area (Å²) in [5, 5.41) is 3.21. The standard InChI is InChI=1S/C27H38BrN3O4S/c28-27-16-20-12-21(17-27)15-26(14-20,19-27)18-25(32)29-23-13-22(36(33,34)31-8-10-35-11-9-31)4-5-24(23)30-6-2-1-3-7-30/h4-5,13,20-21H,1-3,6-12,14-19H2,(H,29,32). The third-order valence-corrected chi connectivity index (χ3v) is 12.0. The van der Waals surface area contributed by atoms with Crippen LogP contribution in [0.15, 0.2) is 23.1 Å². The molecule has 36 heavy (non-hydrogen) atoms. The number of morpholine rings is 1. The molecule has 2 heterocycles. The first-order valence-electron chi connectivity index (χ1n) is 13.7. The van der Waals surface area contributed by atoms with Gasteiger partial charge in [-0.3, -0.25) is 4.79 Å². The molecule has 1 N–H and O–H groups in total. The number of sulfonamides is 1. The monoisotopic (exact) mass is 579 g/mol. The first-order valence-corrected chi connectivity index (χ1v) is 15.9. The van der Waals surface area contributed by atoms with Crippen molar-refractivity contribution >= 4 is 43.2 Å². The molecule has 4 bridgehead atoms. The van der Waals surface area contributed by atoms with E-state index in [0.717, 1.165) is 62.7 Å². The highest BCUT2D eigenvalue weighted by Crippen LogP contribution is 2.65. The van der Waals surface area contributed by atoms with Gasteiger partial charge < -0.3 is 15.0 Å². The predicted molar refractivity (Wildman–Crippen MR) is 144 cm³/mol. The molecule has 1 aromatic rings. The van der Waals surface area contributed by atoms with Crippen LogP contribution in [0.5, 0.6) is 0 Å². The maximum Gasteiger partial charge on any atom is 0.243 e. The molecule has 1 amide bonds. The highest BCUT2D eigenvalue weighted by Gasteiger charge is 2.57. The van der Waals surface area contributed by atoms with Crippen LogP contribution in [-0.4, -0.2) is 62.3 Å². The fourth-order valence-electron chi connectivity index (χ4n) is 8.20. The number of halogens is 1. The van der Waals surface area contributed by atoms with E-state index in [1.54, 1.807) is 12.1 Å². The van der Waals surface area contributed by atoms with Gasteiger partial charge in [0.2, 0.25) is 15.9 Å². The van der Waals surface area contributed by atoms with Crippen molar-refractivity contribution in [1.82, 2.24) is 4.31 Å². The van der Waals surface area contributed by atoms with E-state index in [1.807, 2.05) is 6.07 Å². The van der Waals surface area contributed by atoms with E-state index in [0.29, 0.717) is 38.4 Å². The minimum absolute atomic E-state index is 0.0206. The highest BCUT2D eigenvalue weighted by atomic mass is 79.9. The average molecular weight is 581 g/mol. The molecule has 0 radical (unpaired) electrons. The van der Waals surface area contributed by atoms with Gasteiger partial charge in [-0.1, -0.05) is 15.9 Å². The Morgan fingerprint density at radius 2 is 1.72 bits per heavy atom. The number of alkyl halides is 1. The summed E-state index contributed by atoms with van der Waals surface area (Å²) < 4.78 is 33.8. The molecule has 1 aromatic carbocycles. The summed E-state index contributed by atoms with van der Waals surface area (Å²) in [4.78, 5) is 16.1. The number of hydrogen-bond donors (Lipinski definition) is 1. The van der Waals surface area contributed by atoms with Gasteiger partial charge >= 0.3 is 0 Å². The molecule has 7 nitrogen and oxygen atoms in total. The molecule has 2 aliphatic heterocycles. The first-order chi connectivity index (χ1) is 17.2. The largest absolute Gasteiger partial charge is 0.379 e. The van der Waals surface area contributed by atoms with E-state index in [1.165, 1.54) is 30.0 Å². The Morgan fingerprint density at radius 1 is 1.03 bits per heavy atom. The van der Waals surface area contributed by atoms with Crippen LogP contribution in [0.2, 0.25) is 0 Å². The quantitative estimate of drug-likeness (QED) is 0.491. The fourth-order valence-corrected chi connectivity index (χ4v) is 11.1. The van der Waals surface area contributed by atoms with Gasteiger partial charge in [0.15, 0.2) is 0 Å². The van der Waals surface area contributed by atoms with Crippen molar-refractivity contribution in [2.45, 2.75) is 73.4 Å². The van der Waals surface area contributed by atoms with Crippen LogP contribution >= 0.6 is 15.9 Å². The van der Waals surface area contributed by atoms with Crippen molar-refractivity contribution in [3.05, 3.63) is 18.2 Å². The Morgan fingerprint density at radius 3 is 2.39 bits per heavy atom. The molecule has 0 aromatic heterocycles. The van der Waals surface area contributed by atoms with Crippen LogP contribution in [0.3, 0.4) is 0 Å². The van der Waals surface area contributed by atoms with E-state index < -0.39 is 10.0 Å². The van der Waals surface area contributed by atoms with E-state index in [-0.39, 0.29) is 20.5 Å². The van der Waals surface area contributed by atoms with Crippen LogP contribution in [-0.2, 0) is 19.6 Å². The number of piperidine rings is 1. The van der Waals surface area contributed by atoms with Crippen molar-refractivity contribution in [1.29, 1.82) is 0 Å². The van der Waals surface area contributed by atoms with Gasteiger partial charge in [0.1, 0.15) is 0 Å². The van der Waals surface area contributed by atoms with Crippen molar-refractivity contribution in [3.63, 3.8) is 0 Å². The second kappa shape index (κ2) is 9.54. The number of amides is 1. The number of nitrogens with zero attached hydrogens (tertiary/aromatic N) is 2. The van der Waals surface area contributed by atoms with Gasteiger partial charge in [-0.25, -0.2) is 8.42 Å². The fraction of sp³-hybridized carbons (Fsp3) is 0.741. The van der Waals surface area contributed by atoms with Crippen LogP contribution in [0.1, 0.15) is 64.2 Å². The van der Waals surface area contributed by atoms with Crippen LogP contribution in [0.25, 0.3) is 0 Å². The molecule has 6 aliphatic rings. The van der Waals surface area contributed by atoms with Gasteiger partial charge in [-0.2, -0.15) is 4.31 Å². The lowest BCUT2D eigenvalue weighted by Crippen LogP contribution is -2.53. The molecular formula is C27H38BrN3O4S. The predicted octanol–water partition coefficient (Wildman–Crippen LogP) is 4.76. The maximum absolute atomic E-state index is 13.6. The first kappa shape index (κ1) is 25.1. The van der Waals surface area contributed by atoms with Crippen LogP contribution in [0.4, 0.5) is 11.4 Å². The SMILES string of the molecule is O=C(CC12CC3CC(CC(Br)(C3)C1)C2)Nc1cc(S(=O)(=O)N2CCOCC2)ccc1N1CCCCC1. The summed E-state index contributed by atoms with van der Waals surface area (Å²) in [5.41, 5.74) is 1.64. The summed E-state index contributed by atoms with van der Waals surface area (Å²) in [5.74, 6) is 1.47. The van der Waals surface area contributed by atoms with Crippen LogP contribution < -0.4 is 10.2 Å². The summed E-state index contributed by atoms with van der Waals surface area (Å²) in [7, 11) is -3.64. The van der Waals surface area contributed by atoms with E-state index in [2.05, 4.69) is 26.1 Å². The molecule has 2 unspecified atom stereocenters. The molecule has 7 rings (SSSR count).